The second-order valence-electron chi connectivity index (χ2n) is 5.60. The Labute approximate surface area is 143 Å². The van der Waals surface area contributed by atoms with Crippen molar-refractivity contribution in [3.05, 3.63) is 78.9 Å². The highest BCUT2D eigenvalue weighted by molar-refractivity contribution is 5.81. The summed E-state index contributed by atoms with van der Waals surface area (Å²) in [6, 6.07) is 16.8. The summed E-state index contributed by atoms with van der Waals surface area (Å²) in [5.74, 6) is 0.557. The lowest BCUT2D eigenvalue weighted by atomic mass is 10.1. The molecule has 0 aliphatic rings. The molecule has 0 bridgehead atoms. The number of halogens is 1. The summed E-state index contributed by atoms with van der Waals surface area (Å²) in [5, 5.41) is 9.53. The number of phenols is 1. The number of H-pyrrole nitrogens is 1. The van der Waals surface area contributed by atoms with Gasteiger partial charge < -0.3 is 10.1 Å². The molecule has 0 fully saturated rings. The number of benzene rings is 2. The monoisotopic (exact) mass is 331 g/mol. The van der Waals surface area contributed by atoms with E-state index in [2.05, 4.69) is 9.97 Å². The van der Waals surface area contributed by atoms with E-state index in [1.54, 1.807) is 36.7 Å². The number of phenolic OH excluding ortho intramolecular Hbond substituents is 1. The number of aromatic amines is 1. The van der Waals surface area contributed by atoms with Gasteiger partial charge in [-0.15, -0.1) is 0 Å². The minimum atomic E-state index is -0.288. The lowest BCUT2D eigenvalue weighted by Crippen LogP contribution is -1.84. The molecule has 4 rings (SSSR count). The van der Waals surface area contributed by atoms with Crippen molar-refractivity contribution >= 4 is 0 Å². The summed E-state index contributed by atoms with van der Waals surface area (Å²) in [6.07, 6.45) is 3.43. The van der Waals surface area contributed by atoms with E-state index in [0.29, 0.717) is 5.82 Å². The minimum Gasteiger partial charge on any atom is -0.508 e. The Kier molecular flexibility index (Phi) is 3.74. The highest BCUT2D eigenvalue weighted by atomic mass is 19.1. The molecule has 0 spiro atoms. The molecular formula is C20H14FN3O. The number of aromatic nitrogens is 3. The summed E-state index contributed by atoms with van der Waals surface area (Å²) in [7, 11) is 0. The Balaban J connectivity index is 1.89. The molecule has 5 heteroatoms. The normalized spacial score (nSPS) is 10.8. The van der Waals surface area contributed by atoms with Gasteiger partial charge in [-0.05, 0) is 60.7 Å². The fourth-order valence-corrected chi connectivity index (χ4v) is 2.67. The van der Waals surface area contributed by atoms with E-state index in [4.69, 9.17) is 4.98 Å². The van der Waals surface area contributed by atoms with Crippen molar-refractivity contribution in [2.75, 3.05) is 0 Å². The molecule has 0 atom stereocenters. The SMILES string of the molecule is Oc1ccc(-c2nc(-c3ccc(F)cc3)[nH]c2-c2ccncc2)cc1. The van der Waals surface area contributed by atoms with Crippen LogP contribution in [0.1, 0.15) is 0 Å². The van der Waals surface area contributed by atoms with Crippen LogP contribution in [0.5, 0.6) is 5.75 Å². The molecule has 0 unspecified atom stereocenters. The Morgan fingerprint density at radius 1 is 0.760 bits per heavy atom. The van der Waals surface area contributed by atoms with Gasteiger partial charge >= 0.3 is 0 Å². The van der Waals surface area contributed by atoms with Crippen molar-refractivity contribution in [2.24, 2.45) is 0 Å². The Morgan fingerprint density at radius 3 is 2.08 bits per heavy atom. The molecule has 0 aliphatic carbocycles. The van der Waals surface area contributed by atoms with E-state index >= 15 is 0 Å². The van der Waals surface area contributed by atoms with Crippen LogP contribution in [0.25, 0.3) is 33.9 Å². The Morgan fingerprint density at radius 2 is 1.40 bits per heavy atom. The fraction of sp³-hybridized carbons (Fsp3) is 0. The maximum absolute atomic E-state index is 13.2. The lowest BCUT2D eigenvalue weighted by molar-refractivity contribution is 0.475. The van der Waals surface area contributed by atoms with Gasteiger partial charge in [-0.3, -0.25) is 4.98 Å². The van der Waals surface area contributed by atoms with Crippen molar-refractivity contribution in [1.82, 2.24) is 15.0 Å². The minimum absolute atomic E-state index is 0.198. The number of hydrogen-bond donors (Lipinski definition) is 2. The molecule has 2 aromatic carbocycles. The molecule has 2 heterocycles. The second-order valence-corrected chi connectivity index (χ2v) is 5.60. The third-order valence-corrected chi connectivity index (χ3v) is 3.93. The van der Waals surface area contributed by atoms with Gasteiger partial charge in [0, 0.05) is 29.1 Å². The molecule has 122 valence electrons. The molecule has 0 radical (unpaired) electrons. The zero-order valence-corrected chi connectivity index (χ0v) is 13.1. The predicted octanol–water partition coefficient (Wildman–Crippen LogP) is 4.65. The average Bonchev–Trinajstić information content (AvgIpc) is 3.09. The molecule has 0 saturated carbocycles. The maximum Gasteiger partial charge on any atom is 0.138 e. The van der Waals surface area contributed by atoms with Crippen LogP contribution in [0.2, 0.25) is 0 Å². The third-order valence-electron chi connectivity index (χ3n) is 3.93. The van der Waals surface area contributed by atoms with E-state index in [0.717, 1.165) is 28.1 Å². The highest BCUT2D eigenvalue weighted by Gasteiger charge is 2.15. The molecule has 0 saturated heterocycles. The maximum atomic E-state index is 13.2. The molecule has 0 amide bonds. The van der Waals surface area contributed by atoms with Gasteiger partial charge in [0.2, 0.25) is 0 Å². The van der Waals surface area contributed by atoms with Gasteiger partial charge in [-0.1, -0.05) is 0 Å². The van der Waals surface area contributed by atoms with Crippen molar-refractivity contribution in [2.45, 2.75) is 0 Å². The number of rotatable bonds is 3. The van der Waals surface area contributed by atoms with Crippen LogP contribution in [0.15, 0.2) is 73.1 Å². The van der Waals surface area contributed by atoms with Gasteiger partial charge in [0.25, 0.3) is 0 Å². The topological polar surface area (TPSA) is 61.8 Å². The van der Waals surface area contributed by atoms with Gasteiger partial charge in [-0.2, -0.15) is 0 Å². The summed E-state index contributed by atoms with van der Waals surface area (Å²) in [4.78, 5) is 12.1. The Bertz CT molecular complexity index is 994. The van der Waals surface area contributed by atoms with E-state index in [-0.39, 0.29) is 11.6 Å². The number of imidazole rings is 1. The summed E-state index contributed by atoms with van der Waals surface area (Å²) in [5.41, 5.74) is 4.20. The van der Waals surface area contributed by atoms with E-state index in [9.17, 15) is 9.50 Å². The van der Waals surface area contributed by atoms with Gasteiger partial charge in [0.05, 0.1) is 11.4 Å². The Hall–Kier alpha value is -3.47. The standard InChI is InChI=1S/C20H14FN3O/c21-16-5-1-15(2-6-16)20-23-18(13-3-7-17(25)8-4-13)19(24-20)14-9-11-22-12-10-14/h1-12,25H,(H,23,24). The van der Waals surface area contributed by atoms with Crippen molar-refractivity contribution in [3.8, 4) is 39.7 Å². The molecule has 2 N–H and O–H groups in total. The summed E-state index contributed by atoms with van der Waals surface area (Å²) in [6.45, 7) is 0. The van der Waals surface area contributed by atoms with E-state index in [1.165, 1.54) is 12.1 Å². The number of pyridine rings is 1. The molecular weight excluding hydrogens is 317 g/mol. The van der Waals surface area contributed by atoms with Crippen LogP contribution in [0.4, 0.5) is 4.39 Å². The first-order valence-corrected chi connectivity index (χ1v) is 7.76. The van der Waals surface area contributed by atoms with Crippen LogP contribution < -0.4 is 0 Å². The van der Waals surface area contributed by atoms with Crippen LogP contribution in [0, 0.1) is 5.82 Å². The van der Waals surface area contributed by atoms with Crippen LogP contribution in [-0.4, -0.2) is 20.1 Å². The van der Waals surface area contributed by atoms with Crippen LogP contribution >= 0.6 is 0 Å². The molecule has 2 aromatic heterocycles. The number of hydrogen-bond acceptors (Lipinski definition) is 3. The van der Waals surface area contributed by atoms with Gasteiger partial charge in [0.15, 0.2) is 0 Å². The van der Waals surface area contributed by atoms with Crippen LogP contribution in [0.3, 0.4) is 0 Å². The molecule has 4 nitrogen and oxygen atoms in total. The van der Waals surface area contributed by atoms with Crippen molar-refractivity contribution in [3.63, 3.8) is 0 Å². The average molecular weight is 331 g/mol. The molecule has 25 heavy (non-hydrogen) atoms. The first kappa shape index (κ1) is 15.1. The zero-order chi connectivity index (χ0) is 17.2. The van der Waals surface area contributed by atoms with E-state index in [1.807, 2.05) is 24.3 Å². The first-order valence-electron chi connectivity index (χ1n) is 7.76. The quantitative estimate of drug-likeness (QED) is 0.574. The van der Waals surface area contributed by atoms with Crippen LogP contribution in [-0.2, 0) is 0 Å². The number of aromatic hydroxyl groups is 1. The fourth-order valence-electron chi connectivity index (χ4n) is 2.67. The van der Waals surface area contributed by atoms with Crippen molar-refractivity contribution in [1.29, 1.82) is 0 Å². The highest BCUT2D eigenvalue weighted by Crippen LogP contribution is 2.33. The largest absolute Gasteiger partial charge is 0.508 e. The summed E-state index contributed by atoms with van der Waals surface area (Å²) >= 11 is 0. The first-order chi connectivity index (χ1) is 12.2. The smallest absolute Gasteiger partial charge is 0.138 e. The lowest BCUT2D eigenvalue weighted by Gasteiger charge is -2.03. The van der Waals surface area contributed by atoms with Crippen molar-refractivity contribution < 1.29 is 9.50 Å². The zero-order valence-electron chi connectivity index (χ0n) is 13.1. The van der Waals surface area contributed by atoms with E-state index < -0.39 is 0 Å². The predicted molar refractivity (Wildman–Crippen MR) is 94.3 cm³/mol. The number of nitrogens with zero attached hydrogens (tertiary/aromatic N) is 2. The van der Waals surface area contributed by atoms with Gasteiger partial charge in [-0.25, -0.2) is 9.37 Å². The second kappa shape index (κ2) is 6.20. The summed E-state index contributed by atoms with van der Waals surface area (Å²) < 4.78 is 13.2. The third kappa shape index (κ3) is 2.99. The molecule has 0 aliphatic heterocycles. The number of nitrogens with one attached hydrogen (secondary N) is 1. The van der Waals surface area contributed by atoms with Gasteiger partial charge in [0.1, 0.15) is 17.4 Å². The molecule has 4 aromatic rings.